The van der Waals surface area contributed by atoms with Crippen molar-refractivity contribution in [3.05, 3.63) is 204 Å². The number of rotatable bonds is 7. The van der Waals surface area contributed by atoms with E-state index in [-0.39, 0.29) is 32.2 Å². The van der Waals surface area contributed by atoms with Crippen LogP contribution in [-0.2, 0) is 46.7 Å². The van der Waals surface area contributed by atoms with Crippen molar-refractivity contribution in [1.82, 2.24) is 14.5 Å². The van der Waals surface area contributed by atoms with Crippen LogP contribution in [-0.4, -0.2) is 19.6 Å². The standard InChI is InChI=1S/C53H38N3O2.Pt/c57-48-28-27-38(37-25-26-41-33-53(34-42(41)29-37)31-39-17-7-8-18-40(39)32-53)30-44(48)45-20-11-24-50(54-45)58-49-23-12-22-47-51(49)55-52(36-15-5-2-6-16-36)56(47)46-21-10-9-19-43(46)35-13-3-1-4-14-35;/h1-15,17-30,57H,31-34H2;/q-1;. The Morgan fingerprint density at radius 2 is 1.25 bits per heavy atom. The number of pyridine rings is 1. The van der Waals surface area contributed by atoms with Crippen LogP contribution in [0.4, 0.5) is 0 Å². The van der Waals surface area contributed by atoms with E-state index in [9.17, 15) is 5.11 Å². The molecule has 1 spiro atoms. The molecule has 11 rings (SSSR count). The minimum Gasteiger partial charge on any atom is -0.507 e. The Balaban J connectivity index is 0.00000420. The quantitative estimate of drug-likeness (QED) is 0.162. The van der Waals surface area contributed by atoms with E-state index in [1.807, 2.05) is 72.8 Å². The molecule has 6 heteroatoms. The normalized spacial score (nSPS) is 13.6. The van der Waals surface area contributed by atoms with Gasteiger partial charge in [0.25, 0.3) is 0 Å². The van der Waals surface area contributed by atoms with Crippen LogP contribution in [0.3, 0.4) is 0 Å². The Hall–Kier alpha value is -6.55. The Bertz CT molecular complexity index is 2990. The molecular weight excluding hydrogens is 906 g/mol. The Morgan fingerprint density at radius 1 is 0.559 bits per heavy atom. The fraction of sp³-hybridized carbons (Fsp3) is 0.0943. The van der Waals surface area contributed by atoms with Crippen molar-refractivity contribution in [2.75, 3.05) is 0 Å². The molecule has 0 radical (unpaired) electrons. The number of phenolic OH excluding ortho intramolecular Hbond substituents is 1. The van der Waals surface area contributed by atoms with Crippen LogP contribution in [0.2, 0.25) is 0 Å². The zero-order valence-electron chi connectivity index (χ0n) is 32.1. The molecule has 0 saturated heterocycles. The number of benzene rings is 7. The maximum atomic E-state index is 11.2. The molecule has 2 aliphatic rings. The van der Waals surface area contributed by atoms with E-state index in [0.29, 0.717) is 28.4 Å². The second-order valence-corrected chi connectivity index (χ2v) is 15.7. The van der Waals surface area contributed by atoms with Crippen LogP contribution < -0.4 is 4.74 Å². The van der Waals surface area contributed by atoms with Crippen molar-refractivity contribution >= 4 is 11.0 Å². The van der Waals surface area contributed by atoms with Crippen LogP contribution in [0.25, 0.3) is 61.6 Å². The number of hydrogen-bond acceptors (Lipinski definition) is 4. The molecule has 5 nitrogen and oxygen atoms in total. The fourth-order valence-corrected chi connectivity index (χ4v) is 9.33. The van der Waals surface area contributed by atoms with Gasteiger partial charge in [-0.05, 0) is 106 Å². The smallest absolute Gasteiger partial charge is 0.219 e. The van der Waals surface area contributed by atoms with Crippen molar-refractivity contribution in [2.45, 2.75) is 25.7 Å². The van der Waals surface area contributed by atoms with E-state index in [2.05, 4.69) is 108 Å². The van der Waals surface area contributed by atoms with Gasteiger partial charge in [0.15, 0.2) is 5.75 Å². The minimum atomic E-state index is 0. The molecule has 9 aromatic rings. The summed E-state index contributed by atoms with van der Waals surface area (Å²) in [5.41, 5.74) is 15.3. The summed E-state index contributed by atoms with van der Waals surface area (Å²) in [6.45, 7) is 0. The van der Waals surface area contributed by atoms with E-state index in [4.69, 9.17) is 14.7 Å². The number of nitrogens with zero attached hydrogens (tertiary/aromatic N) is 3. The third-order valence-corrected chi connectivity index (χ3v) is 12.0. The predicted octanol–water partition coefficient (Wildman–Crippen LogP) is 12.3. The van der Waals surface area contributed by atoms with Crippen molar-refractivity contribution < 1.29 is 30.9 Å². The first-order chi connectivity index (χ1) is 28.6. The topological polar surface area (TPSA) is 60.2 Å². The van der Waals surface area contributed by atoms with Crippen molar-refractivity contribution in [3.63, 3.8) is 0 Å². The summed E-state index contributed by atoms with van der Waals surface area (Å²) in [6, 6.07) is 63.4. The van der Waals surface area contributed by atoms with Gasteiger partial charge in [-0.25, -0.2) is 4.98 Å². The van der Waals surface area contributed by atoms with Crippen molar-refractivity contribution in [3.8, 4) is 68.0 Å². The number of ether oxygens (including phenoxy) is 1. The van der Waals surface area contributed by atoms with E-state index in [0.717, 1.165) is 70.5 Å². The zero-order chi connectivity index (χ0) is 38.6. The SMILES string of the molecule is Oc1ccc(-c2ccc3c(c2)CC2(Cc4ccccc4C2)C3)cc1-c1cccc(Oc2cccc3c2nc(-c2[c-]cccc2)n3-c2ccccc2-c2ccccc2)n1.[Pt]. The van der Waals surface area contributed by atoms with Crippen molar-refractivity contribution in [1.29, 1.82) is 0 Å². The number of fused-ring (bicyclic) bond motifs is 3. The van der Waals surface area contributed by atoms with Gasteiger partial charge in [0.05, 0.1) is 17.0 Å². The Labute approximate surface area is 357 Å². The second-order valence-electron chi connectivity index (χ2n) is 15.7. The third kappa shape index (κ3) is 6.66. The van der Waals surface area contributed by atoms with E-state index >= 15 is 0 Å². The molecule has 2 aromatic heterocycles. The van der Waals surface area contributed by atoms with E-state index in [1.165, 1.54) is 22.3 Å². The molecule has 0 bridgehead atoms. The maximum absolute atomic E-state index is 11.2. The molecule has 7 aromatic carbocycles. The summed E-state index contributed by atoms with van der Waals surface area (Å²) < 4.78 is 8.79. The molecule has 59 heavy (non-hydrogen) atoms. The molecular formula is C53H38N3O2Pt-. The number of para-hydroxylation sites is 2. The molecule has 0 amide bonds. The molecule has 0 fully saturated rings. The number of hydrogen-bond donors (Lipinski definition) is 1. The number of aromatic hydroxyl groups is 1. The number of aromatic nitrogens is 3. The second kappa shape index (κ2) is 15.0. The van der Waals surface area contributed by atoms with Gasteiger partial charge >= 0.3 is 0 Å². The Kier molecular flexibility index (Phi) is 9.34. The first kappa shape index (κ1) is 36.8. The van der Waals surface area contributed by atoms with Gasteiger partial charge in [0, 0.05) is 43.9 Å². The third-order valence-electron chi connectivity index (χ3n) is 12.0. The summed E-state index contributed by atoms with van der Waals surface area (Å²) >= 11 is 0. The molecule has 2 aliphatic carbocycles. The minimum absolute atomic E-state index is 0. The van der Waals surface area contributed by atoms with Crippen LogP contribution in [0.5, 0.6) is 17.4 Å². The average Bonchev–Trinajstić information content (AvgIpc) is 3.96. The molecule has 0 saturated carbocycles. The van der Waals surface area contributed by atoms with Crippen LogP contribution in [0, 0.1) is 11.5 Å². The van der Waals surface area contributed by atoms with Crippen LogP contribution in [0.1, 0.15) is 22.3 Å². The summed E-state index contributed by atoms with van der Waals surface area (Å²) in [5.74, 6) is 1.91. The Morgan fingerprint density at radius 3 is 2.07 bits per heavy atom. The van der Waals surface area contributed by atoms with Crippen molar-refractivity contribution in [2.24, 2.45) is 5.41 Å². The molecule has 288 valence electrons. The molecule has 0 atom stereocenters. The molecule has 2 heterocycles. The zero-order valence-corrected chi connectivity index (χ0v) is 34.4. The molecule has 0 unspecified atom stereocenters. The molecule has 0 aliphatic heterocycles. The van der Waals surface area contributed by atoms with Gasteiger partial charge in [0.1, 0.15) is 11.3 Å². The predicted molar refractivity (Wildman–Crippen MR) is 231 cm³/mol. The first-order valence-electron chi connectivity index (χ1n) is 19.9. The maximum Gasteiger partial charge on any atom is 0.219 e. The summed E-state index contributed by atoms with van der Waals surface area (Å²) in [7, 11) is 0. The van der Waals surface area contributed by atoms with Gasteiger partial charge in [-0.1, -0.05) is 109 Å². The first-order valence-corrected chi connectivity index (χ1v) is 19.9. The van der Waals surface area contributed by atoms with Crippen LogP contribution in [0.15, 0.2) is 176 Å². The van der Waals surface area contributed by atoms with E-state index < -0.39 is 0 Å². The van der Waals surface area contributed by atoms with Gasteiger partial charge in [-0.2, -0.15) is 0 Å². The summed E-state index contributed by atoms with van der Waals surface area (Å²) in [5, 5.41) is 11.2. The monoisotopic (exact) mass is 943 g/mol. The van der Waals surface area contributed by atoms with Crippen LogP contribution >= 0.6 is 0 Å². The van der Waals surface area contributed by atoms with Gasteiger partial charge in [-0.3, -0.25) is 4.98 Å². The molecule has 1 N–H and O–H groups in total. The number of imidazole rings is 1. The van der Waals surface area contributed by atoms with Gasteiger partial charge < -0.3 is 14.4 Å². The summed E-state index contributed by atoms with van der Waals surface area (Å²) in [4.78, 5) is 10.2. The largest absolute Gasteiger partial charge is 0.507 e. The van der Waals surface area contributed by atoms with E-state index in [1.54, 1.807) is 6.07 Å². The summed E-state index contributed by atoms with van der Waals surface area (Å²) in [6.07, 6.45) is 4.50. The van der Waals surface area contributed by atoms with Gasteiger partial charge in [0.2, 0.25) is 5.88 Å². The average molecular weight is 944 g/mol. The fourth-order valence-electron chi connectivity index (χ4n) is 9.33. The number of phenols is 1. The van der Waals surface area contributed by atoms with Gasteiger partial charge in [-0.15, -0.1) is 35.9 Å².